The maximum atomic E-state index is 5.52. The van der Waals surface area contributed by atoms with E-state index in [-0.39, 0.29) is 0 Å². The summed E-state index contributed by atoms with van der Waals surface area (Å²) in [6.07, 6.45) is 5.69. The molecule has 78 valence electrons. The topological polar surface area (TPSA) is 21.3 Å². The molecule has 2 heteroatoms. The Hall–Kier alpha value is -0.0800. The molecular weight excluding hydrogens is 162 g/mol. The van der Waals surface area contributed by atoms with Crippen molar-refractivity contribution in [2.24, 2.45) is 11.8 Å². The second kappa shape index (κ2) is 6.39. The van der Waals surface area contributed by atoms with Crippen LogP contribution in [0.2, 0.25) is 0 Å². The van der Waals surface area contributed by atoms with E-state index in [2.05, 4.69) is 12.2 Å². The van der Waals surface area contributed by atoms with Crippen molar-refractivity contribution in [1.29, 1.82) is 0 Å². The quantitative estimate of drug-likeness (QED) is 0.684. The fraction of sp³-hybridized carbons (Fsp3) is 1.00. The zero-order valence-corrected chi connectivity index (χ0v) is 9.01. The lowest BCUT2D eigenvalue weighted by Crippen LogP contribution is -2.28. The zero-order chi connectivity index (χ0) is 9.52. The molecule has 0 saturated heterocycles. The minimum Gasteiger partial charge on any atom is -0.381 e. The average molecular weight is 185 g/mol. The summed E-state index contributed by atoms with van der Waals surface area (Å²) in [5.74, 6) is 1.66. The van der Waals surface area contributed by atoms with E-state index in [0.717, 1.165) is 31.6 Å². The Morgan fingerprint density at radius 3 is 2.62 bits per heavy atom. The van der Waals surface area contributed by atoms with Gasteiger partial charge in [-0.25, -0.2) is 0 Å². The molecule has 0 spiro atoms. The molecule has 0 aliphatic heterocycles. The summed E-state index contributed by atoms with van der Waals surface area (Å²) in [4.78, 5) is 0. The molecule has 13 heavy (non-hydrogen) atoms. The van der Waals surface area contributed by atoms with Gasteiger partial charge < -0.3 is 10.1 Å². The zero-order valence-electron chi connectivity index (χ0n) is 9.01. The van der Waals surface area contributed by atoms with Gasteiger partial charge in [0.1, 0.15) is 0 Å². The van der Waals surface area contributed by atoms with Crippen LogP contribution in [0.1, 0.15) is 32.6 Å². The molecule has 0 amide bonds. The van der Waals surface area contributed by atoms with E-state index < -0.39 is 0 Å². The fourth-order valence-electron chi connectivity index (χ4n) is 2.32. The van der Waals surface area contributed by atoms with E-state index in [1.54, 1.807) is 0 Å². The van der Waals surface area contributed by atoms with Crippen molar-refractivity contribution in [3.05, 3.63) is 0 Å². The summed E-state index contributed by atoms with van der Waals surface area (Å²) < 4.78 is 5.52. The molecule has 1 rings (SSSR count). The third-order valence-corrected chi connectivity index (χ3v) is 3.07. The minimum atomic E-state index is 0.743. The highest BCUT2D eigenvalue weighted by molar-refractivity contribution is 4.76. The van der Waals surface area contributed by atoms with Crippen molar-refractivity contribution >= 4 is 0 Å². The van der Waals surface area contributed by atoms with E-state index in [4.69, 9.17) is 4.74 Å². The normalized spacial score (nSPS) is 20.8. The SMILES string of the molecule is CCOCC(CNC)C1CCCC1. The Morgan fingerprint density at radius 2 is 2.08 bits per heavy atom. The van der Waals surface area contributed by atoms with Crippen molar-refractivity contribution in [3.8, 4) is 0 Å². The van der Waals surface area contributed by atoms with Gasteiger partial charge in [-0.15, -0.1) is 0 Å². The Morgan fingerprint density at radius 1 is 1.38 bits per heavy atom. The molecule has 1 N–H and O–H groups in total. The van der Waals surface area contributed by atoms with Gasteiger partial charge in [-0.3, -0.25) is 0 Å². The molecule has 0 aromatic rings. The lowest BCUT2D eigenvalue weighted by molar-refractivity contribution is 0.0869. The Labute approximate surface area is 82.0 Å². The Bertz CT molecular complexity index is 121. The van der Waals surface area contributed by atoms with Gasteiger partial charge in [0.15, 0.2) is 0 Å². The summed E-state index contributed by atoms with van der Waals surface area (Å²) in [7, 11) is 2.04. The lowest BCUT2D eigenvalue weighted by atomic mass is 9.91. The Kier molecular flexibility index (Phi) is 5.40. The van der Waals surface area contributed by atoms with E-state index >= 15 is 0 Å². The van der Waals surface area contributed by atoms with Crippen molar-refractivity contribution in [3.63, 3.8) is 0 Å². The van der Waals surface area contributed by atoms with Crippen LogP contribution in [0, 0.1) is 11.8 Å². The molecule has 0 aromatic heterocycles. The van der Waals surface area contributed by atoms with Crippen LogP contribution in [-0.4, -0.2) is 26.8 Å². The first-order valence-corrected chi connectivity index (χ1v) is 5.60. The summed E-state index contributed by atoms with van der Waals surface area (Å²) >= 11 is 0. The predicted octanol–water partition coefficient (Wildman–Crippen LogP) is 2.05. The maximum absolute atomic E-state index is 5.52. The molecule has 0 aromatic carbocycles. The lowest BCUT2D eigenvalue weighted by Gasteiger charge is -2.22. The van der Waals surface area contributed by atoms with Gasteiger partial charge in [0.25, 0.3) is 0 Å². The summed E-state index contributed by atoms with van der Waals surface area (Å²) in [5.41, 5.74) is 0. The molecule has 1 atom stereocenters. The van der Waals surface area contributed by atoms with Gasteiger partial charge >= 0.3 is 0 Å². The summed E-state index contributed by atoms with van der Waals surface area (Å²) in [6.45, 7) is 4.99. The van der Waals surface area contributed by atoms with E-state index in [9.17, 15) is 0 Å². The van der Waals surface area contributed by atoms with Crippen molar-refractivity contribution < 1.29 is 4.74 Å². The van der Waals surface area contributed by atoms with Gasteiger partial charge in [-0.05, 0) is 25.8 Å². The summed E-state index contributed by atoms with van der Waals surface area (Å²) in [6, 6.07) is 0. The monoisotopic (exact) mass is 185 g/mol. The molecule has 1 unspecified atom stereocenters. The van der Waals surface area contributed by atoms with Crippen LogP contribution >= 0.6 is 0 Å². The first-order valence-electron chi connectivity index (χ1n) is 5.60. The van der Waals surface area contributed by atoms with Crippen LogP contribution in [0.3, 0.4) is 0 Å². The number of hydrogen-bond donors (Lipinski definition) is 1. The number of nitrogens with one attached hydrogen (secondary N) is 1. The van der Waals surface area contributed by atoms with E-state index in [0.29, 0.717) is 0 Å². The van der Waals surface area contributed by atoms with Crippen LogP contribution in [0.25, 0.3) is 0 Å². The molecule has 1 fully saturated rings. The first kappa shape index (κ1) is 11.0. The maximum Gasteiger partial charge on any atom is 0.0508 e. The number of ether oxygens (including phenoxy) is 1. The third kappa shape index (κ3) is 3.65. The minimum absolute atomic E-state index is 0.743. The van der Waals surface area contributed by atoms with Gasteiger partial charge in [0.05, 0.1) is 6.61 Å². The number of hydrogen-bond acceptors (Lipinski definition) is 2. The second-order valence-electron chi connectivity index (χ2n) is 4.02. The van der Waals surface area contributed by atoms with Gasteiger partial charge in [-0.1, -0.05) is 25.7 Å². The second-order valence-corrected chi connectivity index (χ2v) is 4.02. The predicted molar refractivity (Wildman–Crippen MR) is 55.9 cm³/mol. The molecule has 1 aliphatic rings. The van der Waals surface area contributed by atoms with Gasteiger partial charge in [0, 0.05) is 13.2 Å². The van der Waals surface area contributed by atoms with Crippen molar-refractivity contribution in [1.82, 2.24) is 5.32 Å². The van der Waals surface area contributed by atoms with Crippen molar-refractivity contribution in [2.75, 3.05) is 26.8 Å². The molecular formula is C11H23NO. The standard InChI is InChI=1S/C11H23NO/c1-3-13-9-11(8-12-2)10-6-4-5-7-10/h10-12H,3-9H2,1-2H3. The smallest absolute Gasteiger partial charge is 0.0508 e. The largest absolute Gasteiger partial charge is 0.381 e. The molecule has 0 heterocycles. The fourth-order valence-corrected chi connectivity index (χ4v) is 2.32. The first-order chi connectivity index (χ1) is 6.38. The highest BCUT2D eigenvalue weighted by atomic mass is 16.5. The van der Waals surface area contributed by atoms with Crippen LogP contribution in [0.15, 0.2) is 0 Å². The van der Waals surface area contributed by atoms with Crippen LogP contribution in [0.5, 0.6) is 0 Å². The molecule has 0 radical (unpaired) electrons. The molecule has 1 aliphatic carbocycles. The van der Waals surface area contributed by atoms with Crippen LogP contribution in [0.4, 0.5) is 0 Å². The molecule has 2 nitrogen and oxygen atoms in total. The van der Waals surface area contributed by atoms with E-state index in [1.165, 1.54) is 25.7 Å². The third-order valence-electron chi connectivity index (χ3n) is 3.07. The van der Waals surface area contributed by atoms with Crippen LogP contribution < -0.4 is 5.32 Å². The van der Waals surface area contributed by atoms with Gasteiger partial charge in [-0.2, -0.15) is 0 Å². The Balaban J connectivity index is 2.26. The molecule has 1 saturated carbocycles. The number of rotatable bonds is 6. The molecule has 0 bridgehead atoms. The van der Waals surface area contributed by atoms with Crippen LogP contribution in [-0.2, 0) is 4.74 Å². The van der Waals surface area contributed by atoms with Gasteiger partial charge in [0.2, 0.25) is 0 Å². The average Bonchev–Trinajstić information content (AvgIpc) is 2.65. The highest BCUT2D eigenvalue weighted by Crippen LogP contribution is 2.31. The highest BCUT2D eigenvalue weighted by Gasteiger charge is 2.24. The van der Waals surface area contributed by atoms with E-state index in [1.807, 2.05) is 7.05 Å². The summed E-state index contributed by atoms with van der Waals surface area (Å²) in [5, 5.41) is 3.27. The van der Waals surface area contributed by atoms with Crippen molar-refractivity contribution in [2.45, 2.75) is 32.6 Å².